The number of cyclic esters (lactones) is 1. The number of carbonyl (C=O) groups excluding carboxylic acids is 1. The largest absolute Gasteiger partial charge is 0.462 e. The minimum absolute atomic E-state index is 0.0813. The van der Waals surface area contributed by atoms with Crippen molar-refractivity contribution in [2.75, 3.05) is 37.6 Å². The van der Waals surface area contributed by atoms with E-state index in [1.807, 2.05) is 24.3 Å². The van der Waals surface area contributed by atoms with Crippen molar-refractivity contribution in [3.05, 3.63) is 29.8 Å². The van der Waals surface area contributed by atoms with E-state index >= 15 is 0 Å². The molecule has 1 aromatic rings. The Bertz CT molecular complexity index is 695. The second-order valence-electron chi connectivity index (χ2n) is 8.35. The Morgan fingerprint density at radius 1 is 1.07 bits per heavy atom. The lowest BCUT2D eigenvalue weighted by molar-refractivity contribution is -0.150. The van der Waals surface area contributed by atoms with Crippen molar-refractivity contribution in [1.29, 1.82) is 5.26 Å². The number of hydrogen-bond donors (Lipinski definition) is 0. The molecule has 2 heterocycles. The van der Waals surface area contributed by atoms with E-state index in [4.69, 9.17) is 10.00 Å². The van der Waals surface area contributed by atoms with E-state index in [-0.39, 0.29) is 17.5 Å². The molecule has 5 heteroatoms. The number of rotatable bonds is 4. The first-order valence-corrected chi connectivity index (χ1v) is 10.4. The number of benzene rings is 1. The molecule has 0 amide bonds. The molecular formula is C22H29N3O2. The molecule has 1 atom stereocenters. The topological polar surface area (TPSA) is 56.6 Å². The molecule has 27 heavy (non-hydrogen) atoms. The average Bonchev–Trinajstić information content (AvgIpc) is 3.02. The summed E-state index contributed by atoms with van der Waals surface area (Å²) in [6.45, 7) is 5.08. The van der Waals surface area contributed by atoms with Crippen LogP contribution in [0.4, 0.5) is 5.69 Å². The third-order valence-corrected chi connectivity index (χ3v) is 6.64. The molecule has 1 aromatic carbocycles. The minimum atomic E-state index is -0.142. The molecule has 3 fully saturated rings. The predicted molar refractivity (Wildman–Crippen MR) is 104 cm³/mol. The van der Waals surface area contributed by atoms with Crippen LogP contribution in [-0.2, 0) is 9.53 Å². The van der Waals surface area contributed by atoms with Crippen LogP contribution in [0, 0.1) is 16.7 Å². The van der Waals surface area contributed by atoms with Gasteiger partial charge in [-0.3, -0.25) is 9.69 Å². The van der Waals surface area contributed by atoms with Crippen LogP contribution >= 0.6 is 0 Å². The SMILES string of the molecule is N#Cc1ccc(N2CCN(CC[C@@H]3CC4(CCCCC4)C(=O)O3)CC2)cc1. The number of nitriles is 1. The molecule has 0 unspecified atom stereocenters. The molecule has 1 saturated carbocycles. The highest BCUT2D eigenvalue weighted by Gasteiger charge is 2.48. The number of hydrogen-bond acceptors (Lipinski definition) is 5. The van der Waals surface area contributed by atoms with Gasteiger partial charge in [-0.05, 0) is 43.5 Å². The monoisotopic (exact) mass is 367 g/mol. The molecule has 5 nitrogen and oxygen atoms in total. The third kappa shape index (κ3) is 3.96. The normalized spacial score (nSPS) is 25.4. The van der Waals surface area contributed by atoms with Gasteiger partial charge >= 0.3 is 5.97 Å². The van der Waals surface area contributed by atoms with Crippen LogP contribution in [0.15, 0.2) is 24.3 Å². The fraction of sp³-hybridized carbons (Fsp3) is 0.636. The molecule has 2 aliphatic heterocycles. The Morgan fingerprint density at radius 3 is 2.44 bits per heavy atom. The summed E-state index contributed by atoms with van der Waals surface area (Å²) in [4.78, 5) is 17.3. The number of anilines is 1. The number of esters is 1. The van der Waals surface area contributed by atoms with Crippen LogP contribution in [-0.4, -0.2) is 49.7 Å². The summed E-state index contributed by atoms with van der Waals surface area (Å²) >= 11 is 0. The van der Waals surface area contributed by atoms with Gasteiger partial charge in [-0.2, -0.15) is 5.26 Å². The van der Waals surface area contributed by atoms with Crippen LogP contribution in [0.5, 0.6) is 0 Å². The molecule has 3 aliphatic rings. The number of carbonyl (C=O) groups is 1. The summed E-state index contributed by atoms with van der Waals surface area (Å²) in [6, 6.07) is 10.0. The Labute approximate surface area is 161 Å². The highest BCUT2D eigenvalue weighted by Crippen LogP contribution is 2.46. The third-order valence-electron chi connectivity index (χ3n) is 6.64. The molecule has 0 aromatic heterocycles. The van der Waals surface area contributed by atoms with Crippen LogP contribution in [0.3, 0.4) is 0 Å². The Morgan fingerprint density at radius 2 is 1.78 bits per heavy atom. The first-order valence-electron chi connectivity index (χ1n) is 10.4. The average molecular weight is 367 g/mol. The summed E-state index contributed by atoms with van der Waals surface area (Å²) in [5.74, 6) is 0.0813. The zero-order valence-electron chi connectivity index (χ0n) is 16.0. The summed E-state index contributed by atoms with van der Waals surface area (Å²) in [7, 11) is 0. The van der Waals surface area contributed by atoms with Crippen LogP contribution < -0.4 is 4.90 Å². The van der Waals surface area contributed by atoms with E-state index < -0.39 is 0 Å². The van der Waals surface area contributed by atoms with Gasteiger partial charge in [0.25, 0.3) is 0 Å². The first kappa shape index (κ1) is 18.3. The van der Waals surface area contributed by atoms with Crippen LogP contribution in [0.1, 0.15) is 50.5 Å². The molecule has 1 spiro atoms. The molecular weight excluding hydrogens is 338 g/mol. The number of piperazine rings is 1. The summed E-state index contributed by atoms with van der Waals surface area (Å²) in [6.07, 6.45) is 7.72. The van der Waals surface area contributed by atoms with Crippen LogP contribution in [0.2, 0.25) is 0 Å². The van der Waals surface area contributed by atoms with Gasteiger partial charge in [0.15, 0.2) is 0 Å². The smallest absolute Gasteiger partial charge is 0.312 e. The summed E-state index contributed by atoms with van der Waals surface area (Å²) < 4.78 is 5.76. The van der Waals surface area contributed by atoms with E-state index in [1.165, 1.54) is 24.9 Å². The van der Waals surface area contributed by atoms with Gasteiger partial charge in [-0.25, -0.2) is 0 Å². The van der Waals surface area contributed by atoms with Crippen molar-refractivity contribution in [2.45, 2.75) is 51.0 Å². The zero-order valence-corrected chi connectivity index (χ0v) is 16.0. The van der Waals surface area contributed by atoms with Gasteiger partial charge in [0.1, 0.15) is 6.10 Å². The van der Waals surface area contributed by atoms with E-state index in [2.05, 4.69) is 15.9 Å². The maximum atomic E-state index is 12.4. The maximum Gasteiger partial charge on any atom is 0.312 e. The Kier molecular flexibility index (Phi) is 5.36. The molecule has 0 radical (unpaired) electrons. The van der Waals surface area contributed by atoms with Gasteiger partial charge in [-0.15, -0.1) is 0 Å². The van der Waals surface area contributed by atoms with Crippen molar-refractivity contribution in [3.8, 4) is 6.07 Å². The van der Waals surface area contributed by atoms with E-state index in [0.29, 0.717) is 5.56 Å². The molecule has 4 rings (SSSR count). The lowest BCUT2D eigenvalue weighted by Gasteiger charge is -2.36. The van der Waals surface area contributed by atoms with Crippen molar-refractivity contribution >= 4 is 11.7 Å². The van der Waals surface area contributed by atoms with Crippen molar-refractivity contribution in [1.82, 2.24) is 4.90 Å². The zero-order chi connectivity index (χ0) is 18.7. The highest BCUT2D eigenvalue weighted by molar-refractivity contribution is 5.79. The lowest BCUT2D eigenvalue weighted by Crippen LogP contribution is -2.47. The number of ether oxygens (including phenoxy) is 1. The van der Waals surface area contributed by atoms with E-state index in [9.17, 15) is 4.79 Å². The molecule has 0 N–H and O–H groups in total. The van der Waals surface area contributed by atoms with Gasteiger partial charge in [0.2, 0.25) is 0 Å². The summed E-state index contributed by atoms with van der Waals surface area (Å²) in [5.41, 5.74) is 1.76. The van der Waals surface area contributed by atoms with Crippen LogP contribution in [0.25, 0.3) is 0 Å². The van der Waals surface area contributed by atoms with E-state index in [0.717, 1.165) is 58.4 Å². The van der Waals surface area contributed by atoms with E-state index in [1.54, 1.807) is 0 Å². The molecule has 1 aliphatic carbocycles. The van der Waals surface area contributed by atoms with Gasteiger partial charge in [0, 0.05) is 44.8 Å². The number of nitrogens with zero attached hydrogens (tertiary/aromatic N) is 3. The fourth-order valence-corrected chi connectivity index (χ4v) is 4.94. The molecule has 144 valence electrons. The van der Waals surface area contributed by atoms with Crippen molar-refractivity contribution in [3.63, 3.8) is 0 Å². The summed E-state index contributed by atoms with van der Waals surface area (Å²) in [5, 5.41) is 8.92. The quantitative estimate of drug-likeness (QED) is 0.764. The second-order valence-corrected chi connectivity index (χ2v) is 8.35. The van der Waals surface area contributed by atoms with Gasteiger partial charge < -0.3 is 9.64 Å². The Balaban J connectivity index is 1.23. The molecule has 2 saturated heterocycles. The Hall–Kier alpha value is -2.06. The predicted octanol–water partition coefficient (Wildman–Crippen LogP) is 3.34. The molecule has 0 bridgehead atoms. The van der Waals surface area contributed by atoms with Crippen molar-refractivity contribution in [2.24, 2.45) is 5.41 Å². The van der Waals surface area contributed by atoms with Gasteiger partial charge in [-0.1, -0.05) is 19.3 Å². The standard InChI is InChI=1S/C22H29N3O2/c23-17-18-4-6-19(7-5-18)25-14-12-24(13-15-25)11-8-20-16-22(21(26)27-20)9-2-1-3-10-22/h4-7,20H,1-3,8-16H2/t20-/m1/s1. The minimum Gasteiger partial charge on any atom is -0.462 e. The highest BCUT2D eigenvalue weighted by atomic mass is 16.6. The van der Waals surface area contributed by atoms with Crippen molar-refractivity contribution < 1.29 is 9.53 Å². The van der Waals surface area contributed by atoms with Gasteiger partial charge in [0.05, 0.1) is 17.0 Å². The fourth-order valence-electron chi connectivity index (χ4n) is 4.94. The second kappa shape index (κ2) is 7.90. The lowest BCUT2D eigenvalue weighted by atomic mass is 9.72. The maximum absolute atomic E-state index is 12.4. The first-order chi connectivity index (χ1) is 13.2.